The monoisotopic (exact) mass is 235 g/mol. The number of amides is 1. The number of hydrogen-bond donors (Lipinski definition) is 2. The quantitative estimate of drug-likeness (QED) is 0.811. The number of aryl methyl sites for hydroxylation is 1. The Kier molecular flexibility index (Phi) is 5.10. The van der Waals surface area contributed by atoms with Gasteiger partial charge in [0.05, 0.1) is 11.7 Å². The van der Waals surface area contributed by atoms with Crippen LogP contribution in [0.25, 0.3) is 0 Å². The van der Waals surface area contributed by atoms with Gasteiger partial charge in [-0.15, -0.1) is 0 Å². The van der Waals surface area contributed by atoms with Crippen LogP contribution in [0.2, 0.25) is 0 Å². The van der Waals surface area contributed by atoms with Crippen LogP contribution in [0.3, 0.4) is 0 Å². The molecular weight excluding hydrogens is 214 g/mol. The summed E-state index contributed by atoms with van der Waals surface area (Å²) >= 11 is 0. The summed E-state index contributed by atoms with van der Waals surface area (Å²) in [7, 11) is 0. The van der Waals surface area contributed by atoms with Crippen molar-refractivity contribution in [1.29, 1.82) is 0 Å². The van der Waals surface area contributed by atoms with Gasteiger partial charge < -0.3 is 10.6 Å². The summed E-state index contributed by atoms with van der Waals surface area (Å²) in [6, 6.07) is 3.95. The van der Waals surface area contributed by atoms with E-state index in [0.717, 1.165) is 11.3 Å². The van der Waals surface area contributed by atoms with E-state index in [-0.39, 0.29) is 18.0 Å². The molecule has 17 heavy (non-hydrogen) atoms. The van der Waals surface area contributed by atoms with Crippen LogP contribution in [0.5, 0.6) is 0 Å². The number of carbonyl (C=O) groups excluding carboxylic acids is 1. The van der Waals surface area contributed by atoms with Gasteiger partial charge in [-0.25, -0.2) is 0 Å². The molecule has 0 spiro atoms. The number of hydrogen-bond acceptors (Lipinski definition) is 3. The fourth-order valence-corrected chi connectivity index (χ4v) is 1.36. The zero-order valence-electron chi connectivity index (χ0n) is 10.9. The fraction of sp³-hybridized carbons (Fsp3) is 0.538. The van der Waals surface area contributed by atoms with Gasteiger partial charge in [0, 0.05) is 18.8 Å². The Labute approximate surface area is 103 Å². The number of aromatic nitrogens is 1. The molecule has 0 aliphatic carbocycles. The van der Waals surface area contributed by atoms with Crippen LogP contribution in [-0.2, 0) is 11.3 Å². The molecule has 4 nitrogen and oxygen atoms in total. The van der Waals surface area contributed by atoms with Crippen LogP contribution in [0.4, 0.5) is 0 Å². The summed E-state index contributed by atoms with van der Waals surface area (Å²) in [5.41, 5.74) is 2.08. The van der Waals surface area contributed by atoms with Crippen LogP contribution in [0, 0.1) is 6.92 Å². The minimum absolute atomic E-state index is 0.0205. The second-order valence-corrected chi connectivity index (χ2v) is 4.59. The maximum Gasteiger partial charge on any atom is 0.237 e. The summed E-state index contributed by atoms with van der Waals surface area (Å²) in [4.78, 5) is 15.9. The minimum atomic E-state index is -0.208. The van der Waals surface area contributed by atoms with Crippen molar-refractivity contribution < 1.29 is 4.79 Å². The molecule has 1 unspecified atom stereocenters. The number of carbonyl (C=O) groups is 1. The van der Waals surface area contributed by atoms with Crippen molar-refractivity contribution in [2.24, 2.45) is 0 Å². The Morgan fingerprint density at radius 3 is 2.59 bits per heavy atom. The van der Waals surface area contributed by atoms with E-state index < -0.39 is 0 Å². The second-order valence-electron chi connectivity index (χ2n) is 4.59. The van der Waals surface area contributed by atoms with Crippen molar-refractivity contribution in [2.75, 3.05) is 0 Å². The Hall–Kier alpha value is -1.42. The molecule has 0 radical (unpaired) electrons. The average Bonchev–Trinajstić information content (AvgIpc) is 2.27. The zero-order chi connectivity index (χ0) is 12.8. The van der Waals surface area contributed by atoms with Crippen molar-refractivity contribution >= 4 is 5.91 Å². The standard InChI is InChI=1S/C13H21N3O/c1-9(2)16-13(17)11(4)14-8-12-6-5-10(3)7-15-12/h5-7,9,11,14H,8H2,1-4H3,(H,16,17). The predicted octanol–water partition coefficient (Wildman–Crippen LogP) is 1.39. The number of rotatable bonds is 5. The summed E-state index contributed by atoms with van der Waals surface area (Å²) in [5.74, 6) is 0.0205. The highest BCUT2D eigenvalue weighted by molar-refractivity contribution is 5.81. The van der Waals surface area contributed by atoms with Crippen LogP contribution < -0.4 is 10.6 Å². The third-order valence-electron chi connectivity index (χ3n) is 2.39. The van der Waals surface area contributed by atoms with Crippen molar-refractivity contribution in [1.82, 2.24) is 15.6 Å². The van der Waals surface area contributed by atoms with Crippen molar-refractivity contribution in [3.05, 3.63) is 29.6 Å². The van der Waals surface area contributed by atoms with Gasteiger partial charge in [-0.05, 0) is 39.3 Å². The van der Waals surface area contributed by atoms with E-state index in [1.807, 2.05) is 46.0 Å². The Morgan fingerprint density at radius 1 is 1.35 bits per heavy atom. The molecule has 4 heteroatoms. The molecule has 0 aliphatic rings. The van der Waals surface area contributed by atoms with Crippen LogP contribution in [0.1, 0.15) is 32.0 Å². The highest BCUT2D eigenvalue weighted by Gasteiger charge is 2.12. The summed E-state index contributed by atoms with van der Waals surface area (Å²) in [5, 5.41) is 6.02. The minimum Gasteiger partial charge on any atom is -0.353 e. The van der Waals surface area contributed by atoms with E-state index in [9.17, 15) is 4.79 Å². The smallest absolute Gasteiger partial charge is 0.237 e. The molecule has 1 atom stereocenters. The molecular formula is C13H21N3O. The van der Waals surface area contributed by atoms with Gasteiger partial charge in [-0.2, -0.15) is 0 Å². The molecule has 1 rings (SSSR count). The molecule has 0 saturated carbocycles. The highest BCUT2D eigenvalue weighted by Crippen LogP contribution is 1.98. The number of pyridine rings is 1. The molecule has 0 fully saturated rings. The van der Waals surface area contributed by atoms with Crippen LogP contribution in [-0.4, -0.2) is 23.0 Å². The molecule has 2 N–H and O–H groups in total. The molecule has 0 aromatic carbocycles. The maximum absolute atomic E-state index is 11.6. The van der Waals surface area contributed by atoms with Gasteiger partial charge in [-0.3, -0.25) is 9.78 Å². The van der Waals surface area contributed by atoms with Crippen molar-refractivity contribution in [3.63, 3.8) is 0 Å². The largest absolute Gasteiger partial charge is 0.353 e. The van der Waals surface area contributed by atoms with E-state index in [2.05, 4.69) is 15.6 Å². The number of nitrogens with zero attached hydrogens (tertiary/aromatic N) is 1. The van der Waals surface area contributed by atoms with E-state index in [4.69, 9.17) is 0 Å². The SMILES string of the molecule is Cc1ccc(CNC(C)C(=O)NC(C)C)nc1. The lowest BCUT2D eigenvalue weighted by Gasteiger charge is -2.15. The molecule has 1 aromatic heterocycles. The first kappa shape index (κ1) is 13.6. The van der Waals surface area contributed by atoms with Crippen molar-refractivity contribution in [3.8, 4) is 0 Å². The maximum atomic E-state index is 11.6. The summed E-state index contributed by atoms with van der Waals surface area (Å²) in [6.45, 7) is 8.36. The molecule has 1 heterocycles. The Balaban J connectivity index is 2.40. The van der Waals surface area contributed by atoms with Gasteiger partial charge in [0.25, 0.3) is 0 Å². The van der Waals surface area contributed by atoms with Gasteiger partial charge in [0.15, 0.2) is 0 Å². The van der Waals surface area contributed by atoms with Gasteiger partial charge in [-0.1, -0.05) is 6.07 Å². The van der Waals surface area contributed by atoms with Gasteiger partial charge in [0.2, 0.25) is 5.91 Å². The molecule has 0 aliphatic heterocycles. The first-order chi connectivity index (χ1) is 7.99. The first-order valence-electron chi connectivity index (χ1n) is 5.94. The zero-order valence-corrected chi connectivity index (χ0v) is 10.9. The first-order valence-corrected chi connectivity index (χ1v) is 5.94. The number of nitrogens with one attached hydrogen (secondary N) is 2. The predicted molar refractivity (Wildman–Crippen MR) is 68.6 cm³/mol. The molecule has 1 amide bonds. The third-order valence-corrected chi connectivity index (χ3v) is 2.39. The third kappa shape index (κ3) is 4.95. The van der Waals surface area contributed by atoms with E-state index in [1.165, 1.54) is 0 Å². The average molecular weight is 235 g/mol. The fourth-order valence-electron chi connectivity index (χ4n) is 1.36. The van der Waals surface area contributed by atoms with E-state index in [0.29, 0.717) is 6.54 Å². The lowest BCUT2D eigenvalue weighted by Crippen LogP contribution is -2.44. The normalized spacial score (nSPS) is 12.5. The molecule has 94 valence electrons. The van der Waals surface area contributed by atoms with E-state index in [1.54, 1.807) is 0 Å². The highest BCUT2D eigenvalue weighted by atomic mass is 16.2. The van der Waals surface area contributed by atoms with Crippen LogP contribution >= 0.6 is 0 Å². The second kappa shape index (κ2) is 6.35. The molecule has 0 bridgehead atoms. The van der Waals surface area contributed by atoms with Gasteiger partial charge >= 0.3 is 0 Å². The summed E-state index contributed by atoms with van der Waals surface area (Å²) in [6.07, 6.45) is 1.83. The van der Waals surface area contributed by atoms with Crippen molar-refractivity contribution in [2.45, 2.75) is 46.3 Å². The van der Waals surface area contributed by atoms with Crippen LogP contribution in [0.15, 0.2) is 18.3 Å². The Morgan fingerprint density at radius 2 is 2.06 bits per heavy atom. The summed E-state index contributed by atoms with van der Waals surface area (Å²) < 4.78 is 0. The van der Waals surface area contributed by atoms with Gasteiger partial charge in [0.1, 0.15) is 0 Å². The topological polar surface area (TPSA) is 54.0 Å². The molecule has 0 saturated heterocycles. The Bertz CT molecular complexity index is 359. The molecule has 1 aromatic rings. The van der Waals surface area contributed by atoms with E-state index >= 15 is 0 Å². The lowest BCUT2D eigenvalue weighted by atomic mass is 10.2. The lowest BCUT2D eigenvalue weighted by molar-refractivity contribution is -0.123.